The number of rotatable bonds is 6. The highest BCUT2D eigenvalue weighted by molar-refractivity contribution is 6.31. The van der Waals surface area contributed by atoms with Crippen LogP contribution in [0.2, 0.25) is 5.02 Å². The lowest BCUT2D eigenvalue weighted by atomic mass is 10.1. The molecule has 0 aliphatic carbocycles. The van der Waals surface area contributed by atoms with Crippen molar-refractivity contribution in [2.24, 2.45) is 0 Å². The maximum atomic E-state index is 12.7. The van der Waals surface area contributed by atoms with Crippen LogP contribution in [0.1, 0.15) is 11.1 Å². The molecule has 6 heteroatoms. The quantitative estimate of drug-likeness (QED) is 0.761. The van der Waals surface area contributed by atoms with Crippen molar-refractivity contribution >= 4 is 17.5 Å². The van der Waals surface area contributed by atoms with Crippen LogP contribution in [0, 0.1) is 0 Å². The highest BCUT2D eigenvalue weighted by Gasteiger charge is 2.22. The smallest absolute Gasteiger partial charge is 0.227 e. The third-order valence-corrected chi connectivity index (χ3v) is 5.25. The number of carbonyl (C=O) groups is 1. The fourth-order valence-electron chi connectivity index (χ4n) is 3.30. The third-order valence-electron chi connectivity index (χ3n) is 4.88. The Kier molecular flexibility index (Phi) is 6.58. The largest absolute Gasteiger partial charge is 0.493 e. The molecule has 1 heterocycles. The minimum Gasteiger partial charge on any atom is -0.493 e. The molecule has 1 aliphatic rings. The molecule has 0 unspecified atom stereocenters. The summed E-state index contributed by atoms with van der Waals surface area (Å²) >= 11 is 6.25. The van der Waals surface area contributed by atoms with Crippen LogP contribution in [0.4, 0.5) is 0 Å². The molecule has 0 radical (unpaired) electrons. The summed E-state index contributed by atoms with van der Waals surface area (Å²) in [4.78, 5) is 16.9. The van der Waals surface area contributed by atoms with Gasteiger partial charge in [0.2, 0.25) is 5.91 Å². The molecule has 0 saturated carbocycles. The van der Waals surface area contributed by atoms with E-state index in [1.807, 2.05) is 41.3 Å². The normalized spacial score (nSPS) is 14.9. The summed E-state index contributed by atoms with van der Waals surface area (Å²) in [5.41, 5.74) is 2.06. The Labute approximate surface area is 165 Å². The predicted octanol–water partition coefficient (Wildman–Crippen LogP) is 3.24. The second-order valence-electron chi connectivity index (χ2n) is 6.61. The van der Waals surface area contributed by atoms with Crippen LogP contribution in [0.5, 0.6) is 11.5 Å². The number of piperazine rings is 1. The average molecular weight is 389 g/mol. The van der Waals surface area contributed by atoms with Gasteiger partial charge in [-0.2, -0.15) is 0 Å². The molecule has 5 nitrogen and oxygen atoms in total. The topological polar surface area (TPSA) is 42.0 Å². The maximum Gasteiger partial charge on any atom is 0.227 e. The van der Waals surface area contributed by atoms with E-state index < -0.39 is 0 Å². The predicted molar refractivity (Wildman–Crippen MR) is 107 cm³/mol. The van der Waals surface area contributed by atoms with Gasteiger partial charge in [0.05, 0.1) is 20.6 Å². The molecule has 0 bridgehead atoms. The number of nitrogens with zero attached hydrogens (tertiary/aromatic N) is 2. The molecule has 1 aliphatic heterocycles. The van der Waals surface area contributed by atoms with E-state index in [0.717, 1.165) is 48.9 Å². The molecule has 3 rings (SSSR count). The number of halogens is 1. The number of hydrogen-bond acceptors (Lipinski definition) is 4. The van der Waals surface area contributed by atoms with Crippen LogP contribution >= 0.6 is 11.6 Å². The Hall–Kier alpha value is -2.24. The van der Waals surface area contributed by atoms with E-state index >= 15 is 0 Å². The Bertz CT molecular complexity index is 789. The van der Waals surface area contributed by atoms with E-state index in [0.29, 0.717) is 17.9 Å². The minimum absolute atomic E-state index is 0.139. The highest BCUT2D eigenvalue weighted by Crippen LogP contribution is 2.28. The molecular weight excluding hydrogens is 364 g/mol. The molecule has 2 aromatic rings. The second-order valence-corrected chi connectivity index (χ2v) is 7.02. The molecule has 1 amide bonds. The summed E-state index contributed by atoms with van der Waals surface area (Å²) in [5, 5.41) is 0.796. The standard InChI is InChI=1S/C21H25ClN2O3/c1-26-19-8-7-16(13-20(19)27-2)14-21(25)24-11-9-23(10-12-24)15-17-5-3-4-6-18(17)22/h3-8,13H,9-12,14-15H2,1-2H3. The van der Waals surface area contributed by atoms with Gasteiger partial charge in [0.15, 0.2) is 11.5 Å². The number of methoxy groups -OCH3 is 2. The summed E-state index contributed by atoms with van der Waals surface area (Å²) in [5.74, 6) is 1.45. The van der Waals surface area contributed by atoms with Crippen LogP contribution in [0.25, 0.3) is 0 Å². The zero-order chi connectivity index (χ0) is 19.2. The Morgan fingerprint density at radius 1 is 1.00 bits per heavy atom. The van der Waals surface area contributed by atoms with Crippen molar-refractivity contribution in [1.82, 2.24) is 9.80 Å². The van der Waals surface area contributed by atoms with Crippen LogP contribution in [0.15, 0.2) is 42.5 Å². The van der Waals surface area contributed by atoms with E-state index in [1.54, 1.807) is 14.2 Å². The van der Waals surface area contributed by atoms with Crippen molar-refractivity contribution in [3.63, 3.8) is 0 Å². The van der Waals surface area contributed by atoms with Gasteiger partial charge in [-0.15, -0.1) is 0 Å². The summed E-state index contributed by atoms with van der Waals surface area (Å²) in [6.07, 6.45) is 0.366. The maximum absolute atomic E-state index is 12.7. The van der Waals surface area contributed by atoms with Gasteiger partial charge in [0, 0.05) is 37.7 Å². The van der Waals surface area contributed by atoms with Crippen molar-refractivity contribution in [2.75, 3.05) is 40.4 Å². The fourth-order valence-corrected chi connectivity index (χ4v) is 3.50. The zero-order valence-electron chi connectivity index (χ0n) is 15.8. The van der Waals surface area contributed by atoms with E-state index in [1.165, 1.54) is 0 Å². The van der Waals surface area contributed by atoms with Gasteiger partial charge in [-0.1, -0.05) is 35.9 Å². The molecule has 0 atom stereocenters. The van der Waals surface area contributed by atoms with Crippen LogP contribution in [-0.4, -0.2) is 56.1 Å². The summed E-state index contributed by atoms with van der Waals surface area (Å²) in [6, 6.07) is 13.5. The first-order valence-electron chi connectivity index (χ1n) is 9.05. The molecule has 27 heavy (non-hydrogen) atoms. The lowest BCUT2D eigenvalue weighted by molar-refractivity contribution is -0.132. The van der Waals surface area contributed by atoms with E-state index in [4.69, 9.17) is 21.1 Å². The van der Waals surface area contributed by atoms with E-state index in [9.17, 15) is 4.79 Å². The van der Waals surface area contributed by atoms with E-state index in [2.05, 4.69) is 11.0 Å². The van der Waals surface area contributed by atoms with Gasteiger partial charge < -0.3 is 14.4 Å². The van der Waals surface area contributed by atoms with Gasteiger partial charge in [-0.05, 0) is 29.3 Å². The summed E-state index contributed by atoms with van der Waals surface area (Å²) < 4.78 is 10.6. The van der Waals surface area contributed by atoms with Crippen LogP contribution in [0.3, 0.4) is 0 Å². The van der Waals surface area contributed by atoms with Crippen molar-refractivity contribution in [2.45, 2.75) is 13.0 Å². The molecule has 144 valence electrons. The first kappa shape index (κ1) is 19.5. The van der Waals surface area contributed by atoms with Crippen molar-refractivity contribution in [1.29, 1.82) is 0 Å². The van der Waals surface area contributed by atoms with Gasteiger partial charge in [-0.25, -0.2) is 0 Å². The monoisotopic (exact) mass is 388 g/mol. The third kappa shape index (κ3) is 4.93. The number of amides is 1. The number of hydrogen-bond donors (Lipinski definition) is 0. The van der Waals surface area contributed by atoms with Crippen LogP contribution in [-0.2, 0) is 17.8 Å². The molecule has 1 fully saturated rings. The van der Waals surface area contributed by atoms with Crippen molar-refractivity contribution < 1.29 is 14.3 Å². The molecule has 2 aromatic carbocycles. The summed E-state index contributed by atoms with van der Waals surface area (Å²) in [7, 11) is 3.20. The van der Waals surface area contributed by atoms with Gasteiger partial charge in [-0.3, -0.25) is 9.69 Å². The second kappa shape index (κ2) is 9.11. The van der Waals surface area contributed by atoms with Gasteiger partial charge in [0.1, 0.15) is 0 Å². The van der Waals surface area contributed by atoms with Crippen molar-refractivity contribution in [3.05, 3.63) is 58.6 Å². The fraction of sp³-hybridized carbons (Fsp3) is 0.381. The first-order valence-corrected chi connectivity index (χ1v) is 9.43. The lowest BCUT2D eigenvalue weighted by Crippen LogP contribution is -2.48. The molecule has 1 saturated heterocycles. The summed E-state index contributed by atoms with van der Waals surface area (Å²) in [6.45, 7) is 3.98. The number of benzene rings is 2. The van der Waals surface area contributed by atoms with Crippen molar-refractivity contribution in [3.8, 4) is 11.5 Å². The number of ether oxygens (including phenoxy) is 2. The zero-order valence-corrected chi connectivity index (χ0v) is 16.5. The molecule has 0 spiro atoms. The lowest BCUT2D eigenvalue weighted by Gasteiger charge is -2.35. The Balaban J connectivity index is 1.53. The van der Waals surface area contributed by atoms with Crippen LogP contribution < -0.4 is 9.47 Å². The Morgan fingerprint density at radius 2 is 1.70 bits per heavy atom. The average Bonchev–Trinajstić information content (AvgIpc) is 2.70. The molecular formula is C21H25ClN2O3. The molecule has 0 aromatic heterocycles. The molecule has 0 N–H and O–H groups in total. The first-order chi connectivity index (χ1) is 13.1. The van der Waals surface area contributed by atoms with Gasteiger partial charge >= 0.3 is 0 Å². The van der Waals surface area contributed by atoms with E-state index in [-0.39, 0.29) is 5.91 Å². The SMILES string of the molecule is COc1ccc(CC(=O)N2CCN(Cc3ccccc3Cl)CC2)cc1OC. The number of carbonyl (C=O) groups excluding carboxylic acids is 1. The highest BCUT2D eigenvalue weighted by atomic mass is 35.5. The van der Waals surface area contributed by atoms with Gasteiger partial charge in [0.25, 0.3) is 0 Å². The minimum atomic E-state index is 0.139. The Morgan fingerprint density at radius 3 is 2.37 bits per heavy atom.